The van der Waals surface area contributed by atoms with Crippen molar-refractivity contribution in [3.63, 3.8) is 0 Å². The van der Waals surface area contributed by atoms with E-state index >= 15 is 0 Å². The van der Waals surface area contributed by atoms with E-state index in [9.17, 15) is 24.6 Å². The molecule has 0 aliphatic carbocycles. The van der Waals surface area contributed by atoms with Gasteiger partial charge in [0.05, 0.1) is 31.2 Å². The van der Waals surface area contributed by atoms with Crippen molar-refractivity contribution < 1.29 is 24.6 Å². The molecule has 4 rings (SSSR count). The van der Waals surface area contributed by atoms with Gasteiger partial charge in [-0.3, -0.25) is 14.4 Å². The van der Waals surface area contributed by atoms with Crippen LogP contribution in [0.15, 0.2) is 84.9 Å². The van der Waals surface area contributed by atoms with Gasteiger partial charge in [0.1, 0.15) is 6.04 Å². The minimum absolute atomic E-state index is 0. The summed E-state index contributed by atoms with van der Waals surface area (Å²) in [6, 6.07) is 26.6. The Labute approximate surface area is 327 Å². The number of carbonyl (C=O) groups excluding carboxylic acids is 3. The number of nitrogens with one attached hydrogen (secondary N) is 3. The molecule has 294 valence electrons. The van der Waals surface area contributed by atoms with E-state index in [0.717, 1.165) is 39.1 Å². The number of nitrogens with two attached hydrogens (primary N) is 1. The maximum Gasteiger partial charge on any atom is 0.242 e. The van der Waals surface area contributed by atoms with Crippen LogP contribution in [0.5, 0.6) is 0 Å². The first-order chi connectivity index (χ1) is 25.5. The highest BCUT2D eigenvalue weighted by atomic mass is 35.5. The Hall–Kier alpha value is -4.02. The molecule has 3 unspecified atom stereocenters. The van der Waals surface area contributed by atoms with Gasteiger partial charge in [-0.05, 0) is 89.6 Å². The van der Waals surface area contributed by atoms with Crippen molar-refractivity contribution in [2.75, 3.05) is 13.2 Å². The maximum absolute atomic E-state index is 14.5. The fourth-order valence-corrected chi connectivity index (χ4v) is 7.13. The van der Waals surface area contributed by atoms with Crippen LogP contribution in [0.3, 0.4) is 0 Å². The van der Waals surface area contributed by atoms with Crippen LogP contribution < -0.4 is 21.7 Å². The standard InChI is InChI=1S/C44H60N4O5.ClH/c1-5-30(4)40(28-49)46-42(51)27-41(50)39(24-29(2)3)48-44(53)38(22-10-11-23-45)47-43(52)35(25-33-18-12-16-31-14-6-8-20-36(31)33)26-34-19-13-17-32-15-7-9-21-37(32)34;/h6-9,12-21,29-30,35,38-41,49-50H,5,10-11,22-28,45H2,1-4H3,(H,46,51)(H,47,52)(H,48,53);1H/t30?,38-,39?,40+,41?;/m0./s1. The molecule has 54 heavy (non-hydrogen) atoms. The Morgan fingerprint density at radius 2 is 1.28 bits per heavy atom. The van der Waals surface area contributed by atoms with Crippen LogP contribution in [0.1, 0.15) is 77.3 Å². The van der Waals surface area contributed by atoms with Crippen LogP contribution in [-0.4, -0.2) is 65.3 Å². The summed E-state index contributed by atoms with van der Waals surface area (Å²) in [5.74, 6) is -1.32. The quantitative estimate of drug-likeness (QED) is 0.0554. The Morgan fingerprint density at radius 3 is 1.80 bits per heavy atom. The fourth-order valence-electron chi connectivity index (χ4n) is 7.13. The summed E-state index contributed by atoms with van der Waals surface area (Å²) in [6.07, 6.45) is 2.47. The summed E-state index contributed by atoms with van der Waals surface area (Å²) >= 11 is 0. The molecular formula is C44H61ClN4O5. The number of aliphatic hydroxyl groups is 2. The minimum atomic E-state index is -1.16. The second-order valence-electron chi connectivity index (χ2n) is 15.0. The highest BCUT2D eigenvalue weighted by Crippen LogP contribution is 2.27. The van der Waals surface area contributed by atoms with Crippen LogP contribution in [0.25, 0.3) is 21.5 Å². The summed E-state index contributed by atoms with van der Waals surface area (Å²) in [5, 5.41) is 34.4. The normalized spacial score (nSPS) is 14.2. The van der Waals surface area contributed by atoms with E-state index in [1.165, 1.54) is 0 Å². The minimum Gasteiger partial charge on any atom is -0.394 e. The maximum atomic E-state index is 14.5. The van der Waals surface area contributed by atoms with Gasteiger partial charge in [-0.1, -0.05) is 119 Å². The number of fused-ring (bicyclic) bond motifs is 2. The smallest absolute Gasteiger partial charge is 0.242 e. The average Bonchev–Trinajstić information content (AvgIpc) is 3.15. The van der Waals surface area contributed by atoms with Crippen molar-refractivity contribution >= 4 is 51.7 Å². The van der Waals surface area contributed by atoms with Crippen molar-refractivity contribution in [1.29, 1.82) is 0 Å². The van der Waals surface area contributed by atoms with E-state index in [1.807, 2.05) is 64.1 Å². The molecule has 4 aromatic carbocycles. The lowest BCUT2D eigenvalue weighted by Gasteiger charge is -2.29. The van der Waals surface area contributed by atoms with Gasteiger partial charge in [-0.15, -0.1) is 12.4 Å². The Kier molecular flexibility index (Phi) is 18.4. The monoisotopic (exact) mass is 760 g/mol. The Balaban J connectivity index is 0.00000784. The van der Waals surface area contributed by atoms with E-state index in [2.05, 4.69) is 64.5 Å². The SMILES string of the molecule is CCC(C)[C@@H](CO)NC(=O)CC(O)C(CC(C)C)NC(=O)[C@H](CCCCN)NC(=O)C(Cc1cccc2ccccc12)Cc1cccc2ccccc12.Cl. The number of hydrogen-bond donors (Lipinski definition) is 6. The molecular weight excluding hydrogens is 700 g/mol. The van der Waals surface area contributed by atoms with Gasteiger partial charge in [0.15, 0.2) is 0 Å². The Morgan fingerprint density at radius 1 is 0.722 bits per heavy atom. The molecule has 0 saturated carbocycles. The number of halogens is 1. The molecule has 7 N–H and O–H groups in total. The number of hydrogen-bond acceptors (Lipinski definition) is 6. The molecule has 0 aliphatic rings. The second kappa shape index (κ2) is 22.4. The second-order valence-corrected chi connectivity index (χ2v) is 15.0. The zero-order chi connectivity index (χ0) is 38.3. The third-order valence-corrected chi connectivity index (χ3v) is 10.4. The molecule has 9 nitrogen and oxygen atoms in total. The summed E-state index contributed by atoms with van der Waals surface area (Å²) < 4.78 is 0. The van der Waals surface area contributed by atoms with Gasteiger partial charge >= 0.3 is 0 Å². The van der Waals surface area contributed by atoms with E-state index in [4.69, 9.17) is 5.73 Å². The first-order valence-electron chi connectivity index (χ1n) is 19.4. The molecule has 0 heterocycles. The summed E-state index contributed by atoms with van der Waals surface area (Å²) in [5.41, 5.74) is 7.94. The lowest BCUT2D eigenvalue weighted by molar-refractivity contribution is -0.132. The zero-order valence-corrected chi connectivity index (χ0v) is 33.1. The van der Waals surface area contributed by atoms with Gasteiger partial charge < -0.3 is 31.9 Å². The number of aliphatic hydroxyl groups excluding tert-OH is 2. The predicted molar refractivity (Wildman–Crippen MR) is 221 cm³/mol. The van der Waals surface area contributed by atoms with E-state index < -0.39 is 42.0 Å². The fraction of sp³-hybridized carbons (Fsp3) is 0.477. The van der Waals surface area contributed by atoms with Crippen molar-refractivity contribution in [3.8, 4) is 0 Å². The first-order valence-corrected chi connectivity index (χ1v) is 19.4. The van der Waals surface area contributed by atoms with E-state index in [1.54, 1.807) is 0 Å². The van der Waals surface area contributed by atoms with Crippen molar-refractivity contribution in [2.45, 2.75) is 103 Å². The molecule has 5 atom stereocenters. The lowest BCUT2D eigenvalue weighted by atomic mass is 9.87. The summed E-state index contributed by atoms with van der Waals surface area (Å²) in [4.78, 5) is 41.5. The number of benzene rings is 4. The lowest BCUT2D eigenvalue weighted by Crippen LogP contribution is -2.54. The van der Waals surface area contributed by atoms with Crippen molar-refractivity contribution in [3.05, 3.63) is 96.1 Å². The topological polar surface area (TPSA) is 154 Å². The molecule has 10 heteroatoms. The third-order valence-electron chi connectivity index (χ3n) is 10.4. The molecule has 0 radical (unpaired) electrons. The molecule has 0 bridgehead atoms. The zero-order valence-electron chi connectivity index (χ0n) is 32.3. The van der Waals surface area contributed by atoms with Crippen LogP contribution in [0.4, 0.5) is 0 Å². The molecule has 0 spiro atoms. The van der Waals surface area contributed by atoms with Gasteiger partial charge in [0, 0.05) is 5.92 Å². The summed E-state index contributed by atoms with van der Waals surface area (Å²) in [6.45, 7) is 8.18. The van der Waals surface area contributed by atoms with Crippen molar-refractivity contribution in [2.24, 2.45) is 23.5 Å². The Bertz CT molecular complexity index is 1690. The van der Waals surface area contributed by atoms with E-state index in [-0.39, 0.29) is 43.2 Å². The molecule has 3 amide bonds. The van der Waals surface area contributed by atoms with Crippen LogP contribution in [-0.2, 0) is 27.2 Å². The van der Waals surface area contributed by atoms with Gasteiger partial charge in [0.25, 0.3) is 0 Å². The largest absolute Gasteiger partial charge is 0.394 e. The average molecular weight is 761 g/mol. The van der Waals surface area contributed by atoms with Gasteiger partial charge in [-0.2, -0.15) is 0 Å². The van der Waals surface area contributed by atoms with Gasteiger partial charge in [0.2, 0.25) is 17.7 Å². The van der Waals surface area contributed by atoms with E-state index in [0.29, 0.717) is 45.1 Å². The highest BCUT2D eigenvalue weighted by Gasteiger charge is 2.31. The third kappa shape index (κ3) is 12.8. The van der Waals surface area contributed by atoms with Crippen molar-refractivity contribution in [1.82, 2.24) is 16.0 Å². The molecule has 0 aliphatic heterocycles. The molecule has 4 aromatic rings. The molecule has 0 aromatic heterocycles. The number of amides is 3. The molecule has 0 saturated heterocycles. The number of rotatable bonds is 21. The number of unbranched alkanes of at least 4 members (excludes halogenated alkanes) is 1. The highest BCUT2D eigenvalue weighted by molar-refractivity contribution is 5.91. The predicted octanol–water partition coefficient (Wildman–Crippen LogP) is 6.24. The van der Waals surface area contributed by atoms with Crippen LogP contribution in [0.2, 0.25) is 0 Å². The summed E-state index contributed by atoms with van der Waals surface area (Å²) in [7, 11) is 0. The first kappa shape index (κ1) is 44.4. The van der Waals surface area contributed by atoms with Crippen LogP contribution >= 0.6 is 12.4 Å². The molecule has 0 fully saturated rings. The number of carbonyl (C=O) groups is 3. The van der Waals surface area contributed by atoms with Gasteiger partial charge in [-0.25, -0.2) is 0 Å². The van der Waals surface area contributed by atoms with Crippen LogP contribution in [0, 0.1) is 17.8 Å².